The van der Waals surface area contributed by atoms with Crippen molar-refractivity contribution in [3.05, 3.63) is 35.4 Å². The maximum absolute atomic E-state index is 4.19. The van der Waals surface area contributed by atoms with E-state index in [4.69, 9.17) is 0 Å². The van der Waals surface area contributed by atoms with Crippen molar-refractivity contribution in [1.29, 1.82) is 0 Å². The molecule has 3 rings (SSSR count). The molecule has 1 heterocycles. The van der Waals surface area contributed by atoms with Gasteiger partial charge >= 0.3 is 0 Å². The number of benzene rings is 1. The van der Waals surface area contributed by atoms with Crippen LogP contribution >= 0.6 is 0 Å². The Morgan fingerprint density at radius 2 is 2.08 bits per heavy atom. The van der Waals surface area contributed by atoms with Crippen LogP contribution in [0, 0.1) is 5.92 Å². The predicted molar refractivity (Wildman–Crippen MR) is 52.6 cm³/mol. The average Bonchev–Trinajstić information content (AvgIpc) is 3.00. The molecule has 0 unspecified atom stereocenters. The highest BCUT2D eigenvalue weighted by Gasteiger charge is 2.34. The summed E-state index contributed by atoms with van der Waals surface area (Å²) in [6.45, 7) is 0. The summed E-state index contributed by atoms with van der Waals surface area (Å²) < 4.78 is 0. The van der Waals surface area contributed by atoms with Crippen LogP contribution in [0.5, 0.6) is 0 Å². The first-order chi connectivity index (χ1) is 6.45. The van der Waals surface area contributed by atoms with Gasteiger partial charge in [0, 0.05) is 0 Å². The van der Waals surface area contributed by atoms with Gasteiger partial charge in [-0.3, -0.25) is 0 Å². The van der Waals surface area contributed by atoms with E-state index in [0.29, 0.717) is 6.04 Å². The second-order valence-electron chi connectivity index (χ2n) is 3.83. The molecule has 0 amide bonds. The summed E-state index contributed by atoms with van der Waals surface area (Å²) in [6, 6.07) is 8.99. The minimum atomic E-state index is 0.473. The fraction of sp³-hybridized carbons (Fsp3) is 0.364. The van der Waals surface area contributed by atoms with Crippen molar-refractivity contribution in [3.63, 3.8) is 0 Å². The van der Waals surface area contributed by atoms with Crippen molar-refractivity contribution in [3.8, 4) is 0 Å². The highest BCUT2D eigenvalue weighted by atomic mass is 15.3. The lowest BCUT2D eigenvalue weighted by Gasteiger charge is -2.21. The van der Waals surface area contributed by atoms with E-state index in [9.17, 15) is 0 Å². The molecule has 66 valence electrons. The molecule has 2 nitrogen and oxygen atoms in total. The Labute approximate surface area is 77.7 Å². The van der Waals surface area contributed by atoms with Crippen LogP contribution in [0.3, 0.4) is 0 Å². The maximum atomic E-state index is 4.19. The molecule has 0 aromatic heterocycles. The Balaban J connectivity index is 2.05. The Morgan fingerprint density at radius 3 is 2.92 bits per heavy atom. The molecule has 0 bridgehead atoms. The van der Waals surface area contributed by atoms with Crippen LogP contribution in [-0.2, 0) is 0 Å². The summed E-state index contributed by atoms with van der Waals surface area (Å²) >= 11 is 0. The SMILES string of the molecule is C1=NN[C@@H](C2CC2)c2ccccc21. The van der Waals surface area contributed by atoms with Crippen LogP contribution in [0.1, 0.15) is 30.0 Å². The van der Waals surface area contributed by atoms with Gasteiger partial charge in [-0.25, -0.2) is 0 Å². The molecule has 0 saturated heterocycles. The normalized spacial score (nSPS) is 25.1. The predicted octanol–water partition coefficient (Wildman–Crippen LogP) is 2.07. The fourth-order valence-electron chi connectivity index (χ4n) is 1.96. The number of hydrogen-bond donors (Lipinski definition) is 1. The van der Waals surface area contributed by atoms with Gasteiger partial charge in [-0.05, 0) is 29.9 Å². The third-order valence-corrected chi connectivity index (χ3v) is 2.84. The molecule has 13 heavy (non-hydrogen) atoms. The van der Waals surface area contributed by atoms with Gasteiger partial charge in [-0.2, -0.15) is 5.10 Å². The first kappa shape index (κ1) is 7.13. The zero-order valence-corrected chi connectivity index (χ0v) is 7.40. The van der Waals surface area contributed by atoms with Crippen molar-refractivity contribution in [2.24, 2.45) is 11.0 Å². The third-order valence-electron chi connectivity index (χ3n) is 2.84. The first-order valence-corrected chi connectivity index (χ1v) is 4.83. The van der Waals surface area contributed by atoms with E-state index in [0.717, 1.165) is 5.92 Å². The topological polar surface area (TPSA) is 24.4 Å². The van der Waals surface area contributed by atoms with Gasteiger partial charge in [-0.15, -0.1) is 0 Å². The number of fused-ring (bicyclic) bond motifs is 1. The molecular weight excluding hydrogens is 160 g/mol. The van der Waals surface area contributed by atoms with E-state index in [1.807, 2.05) is 6.21 Å². The number of nitrogens with one attached hydrogen (secondary N) is 1. The molecule has 1 N–H and O–H groups in total. The molecule has 2 heteroatoms. The molecule has 1 aliphatic heterocycles. The number of hydrogen-bond acceptors (Lipinski definition) is 2. The molecule has 0 spiro atoms. The van der Waals surface area contributed by atoms with Gasteiger partial charge < -0.3 is 5.43 Å². The Hall–Kier alpha value is -1.31. The van der Waals surface area contributed by atoms with Crippen molar-refractivity contribution in [2.45, 2.75) is 18.9 Å². The molecule has 0 radical (unpaired) electrons. The smallest absolute Gasteiger partial charge is 0.0723 e. The third kappa shape index (κ3) is 1.13. The monoisotopic (exact) mass is 172 g/mol. The van der Waals surface area contributed by atoms with E-state index < -0.39 is 0 Å². The highest BCUT2D eigenvalue weighted by molar-refractivity contribution is 5.82. The standard InChI is InChI=1S/C11H12N2/c1-2-4-10-9(3-1)7-12-13-11(10)8-5-6-8/h1-4,7-8,11,13H,5-6H2/t11-/m0/s1. The first-order valence-electron chi connectivity index (χ1n) is 4.83. The zero-order valence-electron chi connectivity index (χ0n) is 7.40. The lowest BCUT2D eigenvalue weighted by atomic mass is 9.97. The second kappa shape index (κ2) is 2.59. The summed E-state index contributed by atoms with van der Waals surface area (Å²) in [7, 11) is 0. The number of rotatable bonds is 1. The summed E-state index contributed by atoms with van der Waals surface area (Å²) in [4.78, 5) is 0. The summed E-state index contributed by atoms with van der Waals surface area (Å²) in [6.07, 6.45) is 4.61. The van der Waals surface area contributed by atoms with Crippen molar-refractivity contribution >= 4 is 6.21 Å². The quantitative estimate of drug-likeness (QED) is 0.689. The highest BCUT2D eigenvalue weighted by Crippen LogP contribution is 2.42. The lowest BCUT2D eigenvalue weighted by Crippen LogP contribution is -2.23. The van der Waals surface area contributed by atoms with E-state index in [-0.39, 0.29) is 0 Å². The second-order valence-corrected chi connectivity index (χ2v) is 3.83. The molecule has 1 fully saturated rings. The summed E-state index contributed by atoms with van der Waals surface area (Å²) in [5.41, 5.74) is 5.90. The van der Waals surface area contributed by atoms with Crippen molar-refractivity contribution < 1.29 is 0 Å². The molecular formula is C11H12N2. The van der Waals surface area contributed by atoms with E-state index in [1.165, 1.54) is 24.0 Å². The molecule has 2 aliphatic rings. The average molecular weight is 172 g/mol. The lowest BCUT2D eigenvalue weighted by molar-refractivity contribution is 0.493. The molecule has 1 aliphatic carbocycles. The van der Waals surface area contributed by atoms with Crippen molar-refractivity contribution in [1.82, 2.24) is 5.43 Å². The Kier molecular flexibility index (Phi) is 1.42. The van der Waals surface area contributed by atoms with Crippen LogP contribution in [0.2, 0.25) is 0 Å². The molecule has 1 aromatic rings. The van der Waals surface area contributed by atoms with Crippen molar-refractivity contribution in [2.75, 3.05) is 0 Å². The van der Waals surface area contributed by atoms with Gasteiger partial charge in [0.2, 0.25) is 0 Å². The van der Waals surface area contributed by atoms with E-state index in [1.54, 1.807) is 0 Å². The van der Waals surface area contributed by atoms with Gasteiger partial charge in [0.1, 0.15) is 0 Å². The van der Waals surface area contributed by atoms with E-state index >= 15 is 0 Å². The molecule has 1 saturated carbocycles. The van der Waals surface area contributed by atoms with Crippen LogP contribution in [0.15, 0.2) is 29.4 Å². The van der Waals surface area contributed by atoms with Gasteiger partial charge in [0.05, 0.1) is 12.3 Å². The van der Waals surface area contributed by atoms with E-state index in [2.05, 4.69) is 34.8 Å². The summed E-state index contributed by atoms with van der Waals surface area (Å²) in [5, 5.41) is 4.19. The van der Waals surface area contributed by atoms with Gasteiger partial charge in [-0.1, -0.05) is 24.3 Å². The summed E-state index contributed by atoms with van der Waals surface area (Å²) in [5.74, 6) is 0.818. The Bertz CT molecular complexity index is 353. The number of nitrogens with zero attached hydrogens (tertiary/aromatic N) is 1. The minimum absolute atomic E-state index is 0.473. The molecule has 1 aromatic carbocycles. The fourth-order valence-corrected chi connectivity index (χ4v) is 1.96. The minimum Gasteiger partial charge on any atom is -0.302 e. The van der Waals surface area contributed by atoms with Gasteiger partial charge in [0.15, 0.2) is 0 Å². The van der Waals surface area contributed by atoms with Gasteiger partial charge in [0.25, 0.3) is 0 Å². The number of hydrazone groups is 1. The van der Waals surface area contributed by atoms with Crippen LogP contribution in [0.4, 0.5) is 0 Å². The largest absolute Gasteiger partial charge is 0.302 e. The van der Waals surface area contributed by atoms with Crippen LogP contribution in [0.25, 0.3) is 0 Å². The van der Waals surface area contributed by atoms with Crippen LogP contribution in [-0.4, -0.2) is 6.21 Å². The zero-order chi connectivity index (χ0) is 8.67. The maximum Gasteiger partial charge on any atom is 0.0723 e. The van der Waals surface area contributed by atoms with Crippen LogP contribution < -0.4 is 5.43 Å². The Morgan fingerprint density at radius 1 is 1.23 bits per heavy atom. The molecule has 1 atom stereocenters.